The highest BCUT2D eigenvalue weighted by atomic mass is 19.3. The molecule has 1 aromatic heterocycles. The van der Waals surface area contributed by atoms with Crippen LogP contribution in [-0.4, -0.2) is 35.1 Å². The van der Waals surface area contributed by atoms with Crippen LogP contribution in [0.3, 0.4) is 0 Å². The number of amides is 2. The molecule has 0 unspecified atom stereocenters. The molecule has 0 saturated carbocycles. The molecule has 2 N–H and O–H groups in total. The van der Waals surface area contributed by atoms with E-state index in [1.54, 1.807) is 4.90 Å². The maximum Gasteiger partial charge on any atom is 0.279 e. The predicted octanol–water partition coefficient (Wildman–Crippen LogP) is 2.13. The van der Waals surface area contributed by atoms with Gasteiger partial charge in [0.05, 0.1) is 0 Å². The summed E-state index contributed by atoms with van der Waals surface area (Å²) in [5.41, 5.74) is 0.339. The predicted molar refractivity (Wildman–Crippen MR) is 82.8 cm³/mol. The van der Waals surface area contributed by atoms with Gasteiger partial charge in [-0.3, -0.25) is 14.7 Å². The van der Waals surface area contributed by atoms with Crippen LogP contribution in [0.2, 0.25) is 0 Å². The van der Waals surface area contributed by atoms with Gasteiger partial charge in [-0.25, -0.2) is 8.78 Å². The Kier molecular flexibility index (Phi) is 4.54. The first-order valence-corrected chi connectivity index (χ1v) is 7.51. The Morgan fingerprint density at radius 1 is 1.38 bits per heavy atom. The second-order valence-electron chi connectivity index (χ2n) is 5.63. The Balaban J connectivity index is 1.55. The number of carbonyl (C=O) groups is 2. The Morgan fingerprint density at radius 2 is 2.12 bits per heavy atom. The van der Waals surface area contributed by atoms with Crippen molar-refractivity contribution < 1.29 is 18.4 Å². The average Bonchev–Trinajstić information content (AvgIpc) is 3.20. The summed E-state index contributed by atoms with van der Waals surface area (Å²) in [4.78, 5) is 25.7. The van der Waals surface area contributed by atoms with Crippen molar-refractivity contribution in [2.24, 2.45) is 5.92 Å². The molecule has 1 saturated heterocycles. The number of anilines is 1. The number of alkyl halides is 2. The van der Waals surface area contributed by atoms with Gasteiger partial charge in [0.2, 0.25) is 5.91 Å². The van der Waals surface area contributed by atoms with E-state index in [2.05, 4.69) is 15.5 Å². The second-order valence-corrected chi connectivity index (χ2v) is 5.63. The lowest BCUT2D eigenvalue weighted by molar-refractivity contribution is -0.117. The summed E-state index contributed by atoms with van der Waals surface area (Å²) in [5.74, 6) is -0.570. The molecule has 8 heteroatoms. The molecule has 0 spiro atoms. The molecule has 1 aliphatic heterocycles. The zero-order chi connectivity index (χ0) is 17.1. The van der Waals surface area contributed by atoms with Crippen LogP contribution in [0.15, 0.2) is 36.4 Å². The minimum Gasteiger partial charge on any atom is -0.350 e. The maximum absolute atomic E-state index is 12.5. The molecule has 24 heavy (non-hydrogen) atoms. The van der Waals surface area contributed by atoms with E-state index in [0.29, 0.717) is 13.0 Å². The first-order valence-electron chi connectivity index (χ1n) is 7.51. The van der Waals surface area contributed by atoms with Gasteiger partial charge >= 0.3 is 0 Å². The van der Waals surface area contributed by atoms with Crippen LogP contribution in [0.1, 0.15) is 29.0 Å². The monoisotopic (exact) mass is 334 g/mol. The topological polar surface area (TPSA) is 78.1 Å². The van der Waals surface area contributed by atoms with E-state index in [0.717, 1.165) is 11.8 Å². The maximum atomic E-state index is 12.5. The number of benzene rings is 1. The Labute approximate surface area is 136 Å². The molecule has 2 aromatic rings. The molecule has 0 radical (unpaired) electrons. The van der Waals surface area contributed by atoms with Gasteiger partial charge in [0.15, 0.2) is 0 Å². The number of nitrogens with one attached hydrogen (secondary N) is 2. The van der Waals surface area contributed by atoms with Crippen molar-refractivity contribution in [1.82, 2.24) is 15.5 Å². The van der Waals surface area contributed by atoms with Gasteiger partial charge in [0.25, 0.3) is 12.3 Å². The van der Waals surface area contributed by atoms with Gasteiger partial charge in [0.1, 0.15) is 11.4 Å². The smallest absolute Gasteiger partial charge is 0.279 e. The molecule has 2 amide bonds. The summed E-state index contributed by atoms with van der Waals surface area (Å²) in [7, 11) is 0. The fourth-order valence-electron chi connectivity index (χ4n) is 2.67. The van der Waals surface area contributed by atoms with Gasteiger partial charge in [-0.1, -0.05) is 18.2 Å². The van der Waals surface area contributed by atoms with Crippen molar-refractivity contribution >= 4 is 17.5 Å². The number of aromatic amines is 1. The van der Waals surface area contributed by atoms with Crippen LogP contribution in [0.5, 0.6) is 0 Å². The third-order valence-corrected chi connectivity index (χ3v) is 3.89. The van der Waals surface area contributed by atoms with Crippen LogP contribution in [0, 0.1) is 5.92 Å². The number of para-hydroxylation sites is 1. The van der Waals surface area contributed by atoms with E-state index in [-0.39, 0.29) is 24.1 Å². The molecule has 3 rings (SSSR count). The third kappa shape index (κ3) is 3.42. The van der Waals surface area contributed by atoms with E-state index in [1.165, 1.54) is 0 Å². The van der Waals surface area contributed by atoms with Crippen molar-refractivity contribution in [3.8, 4) is 0 Å². The fraction of sp³-hybridized carbons (Fsp3) is 0.312. The number of nitrogens with zero attached hydrogens (tertiary/aromatic N) is 2. The molecule has 2 heterocycles. The summed E-state index contributed by atoms with van der Waals surface area (Å²) in [6.45, 7) is 0.788. The summed E-state index contributed by atoms with van der Waals surface area (Å²) >= 11 is 0. The zero-order valence-corrected chi connectivity index (χ0v) is 12.7. The van der Waals surface area contributed by atoms with Gasteiger partial charge in [-0.15, -0.1) is 0 Å². The Hall–Kier alpha value is -2.77. The number of hydrogen-bond donors (Lipinski definition) is 2. The summed E-state index contributed by atoms with van der Waals surface area (Å²) < 4.78 is 25.0. The number of rotatable bonds is 5. The third-order valence-electron chi connectivity index (χ3n) is 3.89. The van der Waals surface area contributed by atoms with Crippen LogP contribution in [0.25, 0.3) is 0 Å². The first kappa shape index (κ1) is 16.1. The SMILES string of the molecule is O=C(NC[C@@H]1CC(=O)N(c2ccccc2)C1)c1cc(C(F)F)[nH]n1. The van der Waals surface area contributed by atoms with Gasteiger partial charge in [-0.2, -0.15) is 5.10 Å². The lowest BCUT2D eigenvalue weighted by Gasteiger charge is -2.16. The number of halogens is 2. The lowest BCUT2D eigenvalue weighted by Crippen LogP contribution is -2.31. The molecular formula is C16H16F2N4O2. The number of H-pyrrole nitrogens is 1. The largest absolute Gasteiger partial charge is 0.350 e. The van der Waals surface area contributed by atoms with Crippen LogP contribution in [0.4, 0.5) is 14.5 Å². The van der Waals surface area contributed by atoms with E-state index >= 15 is 0 Å². The lowest BCUT2D eigenvalue weighted by atomic mass is 10.1. The fourth-order valence-corrected chi connectivity index (χ4v) is 2.67. The molecule has 1 aromatic carbocycles. The summed E-state index contributed by atoms with van der Waals surface area (Å²) in [6.07, 6.45) is -2.37. The van der Waals surface area contributed by atoms with Crippen molar-refractivity contribution in [2.45, 2.75) is 12.8 Å². The molecule has 1 fully saturated rings. The Bertz CT molecular complexity index is 733. The quantitative estimate of drug-likeness (QED) is 0.879. The molecule has 1 atom stereocenters. The highest BCUT2D eigenvalue weighted by molar-refractivity contribution is 5.96. The minimum atomic E-state index is -2.70. The summed E-state index contributed by atoms with van der Waals surface area (Å²) in [6, 6.07) is 10.3. The van der Waals surface area contributed by atoms with Crippen molar-refractivity contribution in [3.05, 3.63) is 47.8 Å². The standard InChI is InChI=1S/C16H16F2N4O2/c17-15(18)12-7-13(21-20-12)16(24)19-8-10-6-14(23)22(9-10)11-4-2-1-3-5-11/h1-5,7,10,15H,6,8-9H2,(H,19,24)(H,20,21)/t10-/m0/s1. The highest BCUT2D eigenvalue weighted by Gasteiger charge is 2.30. The molecule has 126 valence electrons. The number of hydrogen-bond acceptors (Lipinski definition) is 3. The zero-order valence-electron chi connectivity index (χ0n) is 12.7. The summed E-state index contributed by atoms with van der Waals surface area (Å²) in [5, 5.41) is 8.33. The second kappa shape index (κ2) is 6.77. The van der Waals surface area contributed by atoms with Crippen molar-refractivity contribution in [3.63, 3.8) is 0 Å². The molecule has 0 bridgehead atoms. The minimum absolute atomic E-state index is 0.000190. The molecule has 0 aliphatic carbocycles. The first-order chi connectivity index (χ1) is 11.5. The molecule has 1 aliphatic rings. The van der Waals surface area contributed by atoms with Crippen molar-refractivity contribution in [2.75, 3.05) is 18.0 Å². The van der Waals surface area contributed by atoms with Crippen LogP contribution < -0.4 is 10.2 Å². The average molecular weight is 334 g/mol. The van der Waals surface area contributed by atoms with Gasteiger partial charge in [0, 0.05) is 31.1 Å². The Morgan fingerprint density at radius 3 is 2.79 bits per heavy atom. The normalized spacial score (nSPS) is 17.5. The van der Waals surface area contributed by atoms with Crippen molar-refractivity contribution in [1.29, 1.82) is 0 Å². The highest BCUT2D eigenvalue weighted by Crippen LogP contribution is 2.24. The molecule has 6 nitrogen and oxygen atoms in total. The van der Waals surface area contributed by atoms with Crippen LogP contribution in [-0.2, 0) is 4.79 Å². The van der Waals surface area contributed by atoms with E-state index in [4.69, 9.17) is 0 Å². The van der Waals surface area contributed by atoms with Gasteiger partial charge in [-0.05, 0) is 18.2 Å². The van der Waals surface area contributed by atoms with E-state index in [9.17, 15) is 18.4 Å². The van der Waals surface area contributed by atoms with E-state index < -0.39 is 18.0 Å². The van der Waals surface area contributed by atoms with Gasteiger partial charge < -0.3 is 10.2 Å². The molecular weight excluding hydrogens is 318 g/mol. The number of aromatic nitrogens is 2. The van der Waals surface area contributed by atoms with Crippen LogP contribution >= 0.6 is 0 Å². The number of carbonyl (C=O) groups excluding carboxylic acids is 2. The van der Waals surface area contributed by atoms with E-state index in [1.807, 2.05) is 30.3 Å².